The fraction of sp³-hybridized carbons (Fsp3) is 0.500. The smallest absolute Gasteiger partial charge is 0.227 e. The molecule has 0 aliphatic carbocycles. The van der Waals surface area contributed by atoms with E-state index in [2.05, 4.69) is 0 Å². The lowest BCUT2D eigenvalue weighted by Crippen LogP contribution is -2.31. The van der Waals surface area contributed by atoms with E-state index in [1.165, 1.54) is 0 Å². The van der Waals surface area contributed by atoms with Crippen molar-refractivity contribution in [3.63, 3.8) is 0 Å². The van der Waals surface area contributed by atoms with Gasteiger partial charge in [-0.1, -0.05) is 12.1 Å². The molecule has 0 bridgehead atoms. The molecule has 2 unspecified atom stereocenters. The van der Waals surface area contributed by atoms with Crippen LogP contribution in [0.25, 0.3) is 0 Å². The van der Waals surface area contributed by atoms with Gasteiger partial charge in [0.2, 0.25) is 5.91 Å². The van der Waals surface area contributed by atoms with Crippen LogP contribution in [0, 0.1) is 5.92 Å². The molecule has 1 heterocycles. The van der Waals surface area contributed by atoms with Crippen LogP contribution in [0.4, 0.5) is 5.69 Å². The van der Waals surface area contributed by atoms with E-state index in [9.17, 15) is 9.90 Å². The third-order valence-corrected chi connectivity index (χ3v) is 3.59. The van der Waals surface area contributed by atoms with E-state index in [4.69, 9.17) is 5.73 Å². The van der Waals surface area contributed by atoms with Gasteiger partial charge in [0.15, 0.2) is 0 Å². The van der Waals surface area contributed by atoms with Gasteiger partial charge >= 0.3 is 0 Å². The number of aliphatic hydroxyl groups excluding tert-OH is 1. The third kappa shape index (κ3) is 3.01. The van der Waals surface area contributed by atoms with Crippen LogP contribution < -0.4 is 5.73 Å². The van der Waals surface area contributed by atoms with Gasteiger partial charge in [-0.15, -0.1) is 0 Å². The monoisotopic (exact) mass is 248 g/mol. The highest BCUT2D eigenvalue weighted by Crippen LogP contribution is 2.20. The third-order valence-electron chi connectivity index (χ3n) is 3.59. The van der Waals surface area contributed by atoms with E-state index in [0.29, 0.717) is 18.7 Å². The molecule has 1 aliphatic rings. The van der Waals surface area contributed by atoms with Crippen LogP contribution >= 0.6 is 0 Å². The van der Waals surface area contributed by atoms with E-state index in [1.54, 1.807) is 6.92 Å². The first-order valence-electron chi connectivity index (χ1n) is 6.36. The molecule has 0 saturated carbocycles. The number of hydrogen-bond donors (Lipinski definition) is 2. The first kappa shape index (κ1) is 12.9. The lowest BCUT2D eigenvalue weighted by molar-refractivity contribution is -0.129. The number of nitrogens with two attached hydrogens (primary N) is 1. The first-order chi connectivity index (χ1) is 8.56. The van der Waals surface area contributed by atoms with Crippen LogP contribution in [0.2, 0.25) is 0 Å². The number of nitrogen functional groups attached to an aromatic ring is 1. The van der Waals surface area contributed by atoms with Crippen molar-refractivity contribution in [3.05, 3.63) is 29.8 Å². The van der Waals surface area contributed by atoms with Gasteiger partial charge in [0.25, 0.3) is 0 Å². The molecule has 1 aromatic carbocycles. The standard InChI is InChI=1S/C14H20N2O2/c1-10(17)12-6-7-16(9-12)14(18)8-11-2-4-13(15)5-3-11/h2-5,10,12,17H,6-9,15H2,1H3. The molecule has 0 aromatic heterocycles. The van der Waals surface area contributed by atoms with E-state index in [0.717, 1.165) is 18.5 Å². The van der Waals surface area contributed by atoms with Crippen molar-refractivity contribution in [2.45, 2.75) is 25.9 Å². The molecule has 2 rings (SSSR count). The van der Waals surface area contributed by atoms with Gasteiger partial charge < -0.3 is 15.7 Å². The normalized spacial score (nSPS) is 21.0. The molecule has 1 saturated heterocycles. The Hall–Kier alpha value is -1.55. The van der Waals surface area contributed by atoms with Crippen molar-refractivity contribution in [1.29, 1.82) is 0 Å². The van der Waals surface area contributed by atoms with E-state index < -0.39 is 0 Å². The average Bonchev–Trinajstić information content (AvgIpc) is 2.81. The Balaban J connectivity index is 1.91. The topological polar surface area (TPSA) is 66.6 Å². The van der Waals surface area contributed by atoms with Crippen molar-refractivity contribution in [1.82, 2.24) is 4.90 Å². The summed E-state index contributed by atoms with van der Waals surface area (Å²) < 4.78 is 0. The van der Waals surface area contributed by atoms with Crippen LogP contribution in [-0.4, -0.2) is 35.1 Å². The number of nitrogens with zero attached hydrogens (tertiary/aromatic N) is 1. The minimum absolute atomic E-state index is 0.128. The van der Waals surface area contributed by atoms with Gasteiger partial charge in [0, 0.05) is 24.7 Å². The summed E-state index contributed by atoms with van der Waals surface area (Å²) in [6, 6.07) is 7.39. The molecule has 98 valence electrons. The zero-order valence-electron chi connectivity index (χ0n) is 10.7. The molecule has 3 N–H and O–H groups in total. The van der Waals surface area contributed by atoms with Crippen molar-refractivity contribution < 1.29 is 9.90 Å². The van der Waals surface area contributed by atoms with Crippen molar-refractivity contribution >= 4 is 11.6 Å². The van der Waals surface area contributed by atoms with Gasteiger partial charge in [-0.2, -0.15) is 0 Å². The second-order valence-corrected chi connectivity index (χ2v) is 5.05. The van der Waals surface area contributed by atoms with Crippen LogP contribution in [0.3, 0.4) is 0 Å². The number of rotatable bonds is 3. The van der Waals surface area contributed by atoms with Gasteiger partial charge in [0.1, 0.15) is 0 Å². The fourth-order valence-electron chi connectivity index (χ4n) is 2.33. The summed E-state index contributed by atoms with van der Waals surface area (Å²) in [5.41, 5.74) is 7.30. The number of anilines is 1. The van der Waals surface area contributed by atoms with Gasteiger partial charge in [-0.25, -0.2) is 0 Å². The summed E-state index contributed by atoms with van der Waals surface area (Å²) in [7, 11) is 0. The molecule has 2 atom stereocenters. The highest BCUT2D eigenvalue weighted by atomic mass is 16.3. The Morgan fingerprint density at radius 1 is 1.50 bits per heavy atom. The maximum atomic E-state index is 12.1. The maximum Gasteiger partial charge on any atom is 0.227 e. The van der Waals surface area contributed by atoms with Gasteiger partial charge in [0.05, 0.1) is 12.5 Å². The Labute approximate surface area is 107 Å². The van der Waals surface area contributed by atoms with Crippen LogP contribution in [0.15, 0.2) is 24.3 Å². The quantitative estimate of drug-likeness (QED) is 0.785. The van der Waals surface area contributed by atoms with Crippen molar-refractivity contribution in [2.75, 3.05) is 18.8 Å². The van der Waals surface area contributed by atoms with Crippen LogP contribution in [-0.2, 0) is 11.2 Å². The zero-order valence-corrected chi connectivity index (χ0v) is 10.7. The summed E-state index contributed by atoms with van der Waals surface area (Å²) in [4.78, 5) is 13.9. The Kier molecular flexibility index (Phi) is 3.87. The molecule has 4 nitrogen and oxygen atoms in total. The number of carbonyl (C=O) groups is 1. The summed E-state index contributed by atoms with van der Waals surface area (Å²) in [6.07, 6.45) is 0.970. The number of carbonyl (C=O) groups excluding carboxylic acids is 1. The average molecular weight is 248 g/mol. The molecule has 1 fully saturated rings. The highest BCUT2D eigenvalue weighted by Gasteiger charge is 2.28. The van der Waals surface area contributed by atoms with E-state index in [1.807, 2.05) is 29.2 Å². The Morgan fingerprint density at radius 2 is 2.17 bits per heavy atom. The predicted octanol–water partition coefficient (Wildman–Crippen LogP) is 1.04. The maximum absolute atomic E-state index is 12.1. The molecule has 1 aromatic rings. The molecular formula is C14H20N2O2. The number of benzene rings is 1. The zero-order chi connectivity index (χ0) is 13.1. The first-order valence-corrected chi connectivity index (χ1v) is 6.36. The van der Waals surface area contributed by atoms with Crippen molar-refractivity contribution in [2.24, 2.45) is 5.92 Å². The molecule has 4 heteroatoms. The largest absolute Gasteiger partial charge is 0.399 e. The summed E-state index contributed by atoms with van der Waals surface area (Å²) in [6.45, 7) is 3.22. The number of hydrogen-bond acceptors (Lipinski definition) is 3. The van der Waals surface area contributed by atoms with Gasteiger partial charge in [-0.05, 0) is 31.0 Å². The minimum Gasteiger partial charge on any atom is -0.399 e. The lowest BCUT2D eigenvalue weighted by atomic mass is 10.0. The molecule has 1 amide bonds. The lowest BCUT2D eigenvalue weighted by Gasteiger charge is -2.17. The summed E-state index contributed by atoms with van der Waals surface area (Å²) in [5.74, 6) is 0.350. The Bertz CT molecular complexity index is 414. The van der Waals surface area contributed by atoms with Gasteiger partial charge in [-0.3, -0.25) is 4.79 Å². The second-order valence-electron chi connectivity index (χ2n) is 5.05. The number of likely N-dealkylation sites (tertiary alicyclic amines) is 1. The predicted molar refractivity (Wildman–Crippen MR) is 70.9 cm³/mol. The molecule has 0 radical (unpaired) electrons. The van der Waals surface area contributed by atoms with Crippen molar-refractivity contribution in [3.8, 4) is 0 Å². The Morgan fingerprint density at radius 3 is 2.72 bits per heavy atom. The molecular weight excluding hydrogens is 228 g/mol. The fourth-order valence-corrected chi connectivity index (χ4v) is 2.33. The van der Waals surface area contributed by atoms with Crippen LogP contribution in [0.1, 0.15) is 18.9 Å². The van der Waals surface area contributed by atoms with E-state index >= 15 is 0 Å². The highest BCUT2D eigenvalue weighted by molar-refractivity contribution is 5.79. The molecule has 18 heavy (non-hydrogen) atoms. The van der Waals surface area contributed by atoms with E-state index in [-0.39, 0.29) is 17.9 Å². The minimum atomic E-state index is -0.334. The number of aliphatic hydroxyl groups is 1. The SMILES string of the molecule is CC(O)C1CCN(C(=O)Cc2ccc(N)cc2)C1. The molecule has 1 aliphatic heterocycles. The molecule has 0 spiro atoms. The number of amides is 1. The summed E-state index contributed by atoms with van der Waals surface area (Å²) >= 11 is 0. The van der Waals surface area contributed by atoms with Crippen LogP contribution in [0.5, 0.6) is 0 Å². The summed E-state index contributed by atoms with van der Waals surface area (Å²) in [5, 5.41) is 9.52. The second kappa shape index (κ2) is 5.40.